The second kappa shape index (κ2) is 5.97. The highest BCUT2D eigenvalue weighted by atomic mass is 16.5. The first kappa shape index (κ1) is 14.7. The summed E-state index contributed by atoms with van der Waals surface area (Å²) >= 11 is 0. The van der Waals surface area contributed by atoms with E-state index in [1.165, 1.54) is 0 Å². The molecule has 0 atom stereocenters. The zero-order chi connectivity index (χ0) is 13.8. The first-order valence-corrected chi connectivity index (χ1v) is 5.78. The molecule has 0 aliphatic heterocycles. The standard InChI is InChI=1S/C12H22N4O2/c1-12(2,16(3)4)8-18-11-6-9(13)14-10(15-11)7-17-5/h6H,7-8H2,1-5H3,(H2,13,14,15). The van der Waals surface area contributed by atoms with Crippen LogP contribution in [0.2, 0.25) is 0 Å². The Kier molecular flexibility index (Phi) is 4.86. The fourth-order valence-corrected chi connectivity index (χ4v) is 1.14. The predicted molar refractivity (Wildman–Crippen MR) is 70.4 cm³/mol. The van der Waals surface area contributed by atoms with Crippen molar-refractivity contribution in [3.8, 4) is 5.88 Å². The summed E-state index contributed by atoms with van der Waals surface area (Å²) in [6, 6.07) is 1.62. The van der Waals surface area contributed by atoms with Gasteiger partial charge in [0.2, 0.25) is 5.88 Å². The van der Waals surface area contributed by atoms with Crippen LogP contribution >= 0.6 is 0 Å². The van der Waals surface area contributed by atoms with Gasteiger partial charge in [-0.05, 0) is 27.9 Å². The molecule has 0 unspecified atom stereocenters. The van der Waals surface area contributed by atoms with Crippen LogP contribution in [0.15, 0.2) is 6.07 Å². The molecule has 1 rings (SSSR count). The third-order valence-corrected chi connectivity index (χ3v) is 2.83. The quantitative estimate of drug-likeness (QED) is 0.814. The highest BCUT2D eigenvalue weighted by Gasteiger charge is 2.21. The fraction of sp³-hybridized carbons (Fsp3) is 0.667. The first-order chi connectivity index (χ1) is 8.35. The minimum absolute atomic E-state index is 0.0822. The van der Waals surface area contributed by atoms with Gasteiger partial charge < -0.3 is 20.1 Å². The average molecular weight is 254 g/mol. The van der Waals surface area contributed by atoms with Crippen molar-refractivity contribution in [3.63, 3.8) is 0 Å². The van der Waals surface area contributed by atoms with Crippen LogP contribution in [0.25, 0.3) is 0 Å². The summed E-state index contributed by atoms with van der Waals surface area (Å²) in [6.45, 7) is 5.02. The Hall–Kier alpha value is -1.40. The summed E-state index contributed by atoms with van der Waals surface area (Å²) in [5, 5.41) is 0. The molecule has 0 saturated carbocycles. The van der Waals surface area contributed by atoms with Gasteiger partial charge in [-0.25, -0.2) is 4.98 Å². The van der Waals surface area contributed by atoms with Crippen LogP contribution in [0.3, 0.4) is 0 Å². The second-order valence-electron chi connectivity index (χ2n) is 4.98. The van der Waals surface area contributed by atoms with E-state index in [1.807, 2.05) is 14.1 Å². The van der Waals surface area contributed by atoms with Gasteiger partial charge in [0, 0.05) is 18.7 Å². The molecule has 0 amide bonds. The molecule has 18 heavy (non-hydrogen) atoms. The maximum Gasteiger partial charge on any atom is 0.218 e. The van der Waals surface area contributed by atoms with Crippen molar-refractivity contribution in [1.82, 2.24) is 14.9 Å². The van der Waals surface area contributed by atoms with E-state index in [4.69, 9.17) is 15.2 Å². The van der Waals surface area contributed by atoms with Crippen molar-refractivity contribution in [2.45, 2.75) is 26.0 Å². The first-order valence-electron chi connectivity index (χ1n) is 5.78. The van der Waals surface area contributed by atoms with Crippen molar-refractivity contribution in [2.24, 2.45) is 0 Å². The molecule has 0 aromatic carbocycles. The van der Waals surface area contributed by atoms with Gasteiger partial charge in [-0.2, -0.15) is 4.98 Å². The Labute approximate surface area is 108 Å². The van der Waals surface area contributed by atoms with Crippen molar-refractivity contribution in [3.05, 3.63) is 11.9 Å². The highest BCUT2D eigenvalue weighted by molar-refractivity contribution is 5.32. The lowest BCUT2D eigenvalue weighted by molar-refractivity contribution is 0.110. The van der Waals surface area contributed by atoms with E-state index in [1.54, 1.807) is 13.2 Å². The van der Waals surface area contributed by atoms with Crippen LogP contribution in [0.4, 0.5) is 5.82 Å². The summed E-state index contributed by atoms with van der Waals surface area (Å²) in [5.41, 5.74) is 5.61. The molecule has 6 heteroatoms. The predicted octanol–water partition coefficient (Wildman–Crippen LogP) is 0.924. The number of ether oxygens (including phenoxy) is 2. The average Bonchev–Trinajstić information content (AvgIpc) is 2.26. The molecule has 2 N–H and O–H groups in total. The van der Waals surface area contributed by atoms with E-state index in [9.17, 15) is 0 Å². The normalized spacial score (nSPS) is 11.9. The Morgan fingerprint density at radius 1 is 1.33 bits per heavy atom. The molecule has 1 aromatic heterocycles. The summed E-state index contributed by atoms with van der Waals surface area (Å²) in [5.74, 6) is 1.38. The Balaban J connectivity index is 2.73. The molecule has 102 valence electrons. The summed E-state index contributed by atoms with van der Waals surface area (Å²) < 4.78 is 10.6. The Bertz CT molecular complexity index is 394. The monoisotopic (exact) mass is 254 g/mol. The van der Waals surface area contributed by atoms with Crippen molar-refractivity contribution in [1.29, 1.82) is 0 Å². The van der Waals surface area contributed by atoms with Crippen molar-refractivity contribution < 1.29 is 9.47 Å². The molecule has 1 aromatic rings. The van der Waals surface area contributed by atoms with Gasteiger partial charge in [-0.3, -0.25) is 0 Å². The SMILES string of the molecule is COCc1nc(N)cc(OCC(C)(C)N(C)C)n1. The second-order valence-corrected chi connectivity index (χ2v) is 4.98. The minimum atomic E-state index is -0.0822. The van der Waals surface area contributed by atoms with E-state index >= 15 is 0 Å². The molecular formula is C12H22N4O2. The van der Waals surface area contributed by atoms with Crippen LogP contribution in [-0.4, -0.2) is 48.2 Å². The number of nitrogen functional groups attached to an aromatic ring is 1. The zero-order valence-electron chi connectivity index (χ0n) is 11.7. The van der Waals surface area contributed by atoms with Crippen LogP contribution in [-0.2, 0) is 11.3 Å². The Morgan fingerprint density at radius 2 is 2.00 bits per heavy atom. The number of likely N-dealkylation sites (N-methyl/N-ethyl adjacent to an activating group) is 1. The van der Waals surface area contributed by atoms with E-state index < -0.39 is 0 Å². The minimum Gasteiger partial charge on any atom is -0.476 e. The third kappa shape index (κ3) is 4.12. The van der Waals surface area contributed by atoms with E-state index in [0.29, 0.717) is 30.7 Å². The van der Waals surface area contributed by atoms with Crippen LogP contribution < -0.4 is 10.5 Å². The molecule has 6 nitrogen and oxygen atoms in total. The number of methoxy groups -OCH3 is 1. The van der Waals surface area contributed by atoms with Gasteiger partial charge in [0.05, 0.1) is 0 Å². The van der Waals surface area contributed by atoms with Gasteiger partial charge in [0.15, 0.2) is 5.82 Å². The maximum absolute atomic E-state index is 5.69. The van der Waals surface area contributed by atoms with Crippen molar-refractivity contribution >= 4 is 5.82 Å². The van der Waals surface area contributed by atoms with Crippen LogP contribution in [0.5, 0.6) is 5.88 Å². The number of hydrogen-bond acceptors (Lipinski definition) is 6. The number of rotatable bonds is 6. The lowest BCUT2D eigenvalue weighted by atomic mass is 10.1. The fourth-order valence-electron chi connectivity index (χ4n) is 1.14. The van der Waals surface area contributed by atoms with Crippen molar-refractivity contribution in [2.75, 3.05) is 33.5 Å². The number of nitrogens with zero attached hydrogens (tertiary/aromatic N) is 3. The topological polar surface area (TPSA) is 73.5 Å². The molecule has 0 fully saturated rings. The van der Waals surface area contributed by atoms with E-state index in [-0.39, 0.29) is 5.54 Å². The largest absolute Gasteiger partial charge is 0.476 e. The molecule has 1 heterocycles. The van der Waals surface area contributed by atoms with Gasteiger partial charge >= 0.3 is 0 Å². The summed E-state index contributed by atoms with van der Waals surface area (Å²) in [6.07, 6.45) is 0. The smallest absolute Gasteiger partial charge is 0.218 e. The summed E-state index contributed by atoms with van der Waals surface area (Å²) in [4.78, 5) is 10.4. The molecule has 0 aliphatic rings. The number of aromatic nitrogens is 2. The lowest BCUT2D eigenvalue weighted by Crippen LogP contribution is -2.43. The number of anilines is 1. The number of hydrogen-bond donors (Lipinski definition) is 1. The van der Waals surface area contributed by atoms with Gasteiger partial charge in [-0.15, -0.1) is 0 Å². The molecule has 0 spiro atoms. The molecular weight excluding hydrogens is 232 g/mol. The molecule has 0 saturated heterocycles. The molecule has 0 bridgehead atoms. The van der Waals surface area contributed by atoms with Gasteiger partial charge in [0.25, 0.3) is 0 Å². The zero-order valence-corrected chi connectivity index (χ0v) is 11.7. The Morgan fingerprint density at radius 3 is 2.56 bits per heavy atom. The molecule has 0 aliphatic carbocycles. The third-order valence-electron chi connectivity index (χ3n) is 2.83. The lowest BCUT2D eigenvalue weighted by Gasteiger charge is -2.31. The van der Waals surface area contributed by atoms with Gasteiger partial charge in [0.1, 0.15) is 19.0 Å². The van der Waals surface area contributed by atoms with Gasteiger partial charge in [-0.1, -0.05) is 0 Å². The maximum atomic E-state index is 5.69. The van der Waals surface area contributed by atoms with Crippen LogP contribution in [0.1, 0.15) is 19.7 Å². The van der Waals surface area contributed by atoms with E-state index in [2.05, 4.69) is 28.7 Å². The van der Waals surface area contributed by atoms with E-state index in [0.717, 1.165) is 0 Å². The van der Waals surface area contributed by atoms with Crippen LogP contribution in [0, 0.1) is 0 Å². The molecule has 0 radical (unpaired) electrons. The highest BCUT2D eigenvalue weighted by Crippen LogP contribution is 2.16. The number of nitrogens with two attached hydrogens (primary N) is 1. The summed E-state index contributed by atoms with van der Waals surface area (Å²) in [7, 11) is 5.60.